The van der Waals surface area contributed by atoms with Gasteiger partial charge in [-0.15, -0.1) is 11.3 Å². The number of benzene rings is 10. The monoisotopic (exact) mass is 846 g/mol. The highest BCUT2D eigenvalue weighted by Gasteiger charge is 2.25. The summed E-state index contributed by atoms with van der Waals surface area (Å²) in [4.78, 5) is 16.2. The van der Waals surface area contributed by atoms with Crippen LogP contribution in [0.15, 0.2) is 211 Å². The van der Waals surface area contributed by atoms with Gasteiger partial charge >= 0.3 is 0 Å². The van der Waals surface area contributed by atoms with Crippen LogP contribution >= 0.6 is 11.3 Å². The van der Waals surface area contributed by atoms with Gasteiger partial charge in [-0.3, -0.25) is 0 Å². The third-order valence-electron chi connectivity index (χ3n) is 13.0. The topological polar surface area (TPSA) is 56.7 Å². The molecule has 65 heavy (non-hydrogen) atoms. The predicted molar refractivity (Wildman–Crippen MR) is 271 cm³/mol. The summed E-state index contributed by atoms with van der Waals surface area (Å²) in [5.74, 6) is 1.78. The van der Waals surface area contributed by atoms with Crippen LogP contribution in [0.5, 0.6) is 0 Å². The van der Waals surface area contributed by atoms with Crippen molar-refractivity contribution in [1.29, 1.82) is 0 Å². The lowest BCUT2D eigenvalue weighted by atomic mass is 10.0. The number of aromatic nitrogens is 4. The Morgan fingerprint density at radius 3 is 1.85 bits per heavy atom. The maximum Gasteiger partial charge on any atom is 0.166 e. The van der Waals surface area contributed by atoms with E-state index >= 15 is 0 Å². The van der Waals surface area contributed by atoms with Crippen LogP contribution in [-0.2, 0) is 0 Å². The van der Waals surface area contributed by atoms with Crippen molar-refractivity contribution in [2.75, 3.05) is 0 Å². The van der Waals surface area contributed by atoms with Crippen molar-refractivity contribution in [3.05, 3.63) is 206 Å². The summed E-state index contributed by atoms with van der Waals surface area (Å²) >= 11 is 1.81. The van der Waals surface area contributed by atoms with E-state index < -0.39 is 0 Å². The molecule has 4 aromatic heterocycles. The first-order chi connectivity index (χ1) is 32.2. The molecule has 302 valence electrons. The highest BCUT2D eigenvalue weighted by molar-refractivity contribution is 7.25. The van der Waals surface area contributed by atoms with Crippen LogP contribution in [0.4, 0.5) is 0 Å². The molecule has 0 aliphatic carbocycles. The third kappa shape index (κ3) is 5.61. The van der Waals surface area contributed by atoms with Crippen molar-refractivity contribution >= 4 is 96.8 Å². The Balaban J connectivity index is 1.09. The van der Waals surface area contributed by atoms with Crippen LogP contribution in [0.25, 0.3) is 136 Å². The second-order valence-corrected chi connectivity index (χ2v) is 17.8. The van der Waals surface area contributed by atoms with Crippen molar-refractivity contribution in [1.82, 2.24) is 19.5 Å². The van der Waals surface area contributed by atoms with Crippen molar-refractivity contribution < 1.29 is 4.42 Å². The van der Waals surface area contributed by atoms with Crippen molar-refractivity contribution in [2.45, 2.75) is 0 Å². The van der Waals surface area contributed by atoms with Crippen LogP contribution in [-0.4, -0.2) is 19.5 Å². The molecular weight excluding hydrogens is 813 g/mol. The van der Waals surface area contributed by atoms with Crippen LogP contribution in [0.2, 0.25) is 0 Å². The number of thiophene rings is 1. The van der Waals surface area contributed by atoms with Gasteiger partial charge in [0.05, 0.1) is 22.1 Å². The zero-order valence-electron chi connectivity index (χ0n) is 34.7. The first-order valence-corrected chi connectivity index (χ1v) is 22.7. The Morgan fingerprint density at radius 2 is 1.00 bits per heavy atom. The summed E-state index contributed by atoms with van der Waals surface area (Å²) in [6.45, 7) is 0. The van der Waals surface area contributed by atoms with Gasteiger partial charge < -0.3 is 8.98 Å². The van der Waals surface area contributed by atoms with E-state index in [0.717, 1.165) is 77.2 Å². The van der Waals surface area contributed by atoms with Crippen molar-refractivity contribution in [2.24, 2.45) is 0 Å². The summed E-state index contributed by atoms with van der Waals surface area (Å²) in [5, 5.41) is 11.4. The van der Waals surface area contributed by atoms with Gasteiger partial charge in [0.25, 0.3) is 0 Å². The summed E-state index contributed by atoms with van der Waals surface area (Å²) in [7, 11) is 0. The van der Waals surface area contributed by atoms with E-state index in [-0.39, 0.29) is 0 Å². The third-order valence-corrected chi connectivity index (χ3v) is 14.2. The van der Waals surface area contributed by atoms with Gasteiger partial charge in [-0.2, -0.15) is 0 Å². The molecule has 6 heteroatoms. The van der Waals surface area contributed by atoms with Crippen LogP contribution in [0.3, 0.4) is 0 Å². The Labute approximate surface area is 376 Å². The van der Waals surface area contributed by atoms with Gasteiger partial charge in [-0.1, -0.05) is 146 Å². The molecule has 14 aromatic rings. The number of nitrogens with zero attached hydrogens (tertiary/aromatic N) is 4. The summed E-state index contributed by atoms with van der Waals surface area (Å²) in [5.41, 5.74) is 9.78. The molecule has 0 N–H and O–H groups in total. The minimum absolute atomic E-state index is 0.575. The number of para-hydroxylation sites is 1. The van der Waals surface area contributed by atoms with E-state index in [1.165, 1.54) is 41.7 Å². The average Bonchev–Trinajstić information content (AvgIpc) is 4.05. The zero-order valence-corrected chi connectivity index (χ0v) is 35.6. The fraction of sp³-hybridized carbons (Fsp3) is 0. The maximum absolute atomic E-state index is 6.93. The summed E-state index contributed by atoms with van der Waals surface area (Å²) in [6.07, 6.45) is 0. The Hall–Kier alpha value is -8.45. The molecule has 0 aliphatic heterocycles. The number of hydrogen-bond donors (Lipinski definition) is 0. The maximum atomic E-state index is 6.93. The molecule has 0 unspecified atom stereocenters. The van der Waals surface area contributed by atoms with Crippen molar-refractivity contribution in [3.8, 4) is 51.0 Å². The molecule has 0 bridgehead atoms. The minimum Gasteiger partial charge on any atom is -0.455 e. The van der Waals surface area contributed by atoms with E-state index in [1.54, 1.807) is 11.3 Å². The van der Waals surface area contributed by atoms with E-state index in [4.69, 9.17) is 19.4 Å². The molecule has 0 radical (unpaired) electrons. The highest BCUT2D eigenvalue weighted by atomic mass is 32.1. The molecule has 0 atom stereocenters. The highest BCUT2D eigenvalue weighted by Crippen LogP contribution is 2.45. The summed E-state index contributed by atoms with van der Waals surface area (Å²) in [6, 6.07) is 73.2. The molecule has 0 fully saturated rings. The second-order valence-electron chi connectivity index (χ2n) is 16.7. The van der Waals surface area contributed by atoms with Gasteiger partial charge in [0.1, 0.15) is 11.2 Å². The lowest BCUT2D eigenvalue weighted by Crippen LogP contribution is -2.04. The molecule has 0 spiro atoms. The van der Waals surface area contributed by atoms with E-state index in [2.05, 4.69) is 205 Å². The van der Waals surface area contributed by atoms with Crippen molar-refractivity contribution in [3.63, 3.8) is 0 Å². The number of rotatable bonds is 5. The Bertz CT molecular complexity index is 4240. The minimum atomic E-state index is 0.575. The molecule has 5 nitrogen and oxygen atoms in total. The number of hydrogen-bond acceptors (Lipinski definition) is 5. The summed E-state index contributed by atoms with van der Waals surface area (Å²) < 4.78 is 11.8. The standard InChI is InChI=1S/C59H34N4OS/c1-2-12-35(13-3-1)36-22-24-38(25-23-36)57-60-58(41-27-31-53-48(33-41)44-19-9-11-21-52(44)65-53)62-59(61-57)46-29-30-51-54(45-28-26-37-14-6-7-17-42(37)56(45)64-51)55(46)63-49-20-10-8-18-43(49)47-32-39-15-4-5-16-40(39)34-50(47)63/h1-34H. The first kappa shape index (κ1) is 36.1. The van der Waals surface area contributed by atoms with Crippen LogP contribution in [0, 0.1) is 0 Å². The van der Waals surface area contributed by atoms with E-state index in [0.29, 0.717) is 17.5 Å². The van der Waals surface area contributed by atoms with Gasteiger partial charge in [0.2, 0.25) is 0 Å². The first-order valence-electron chi connectivity index (χ1n) is 21.8. The smallest absolute Gasteiger partial charge is 0.166 e. The largest absolute Gasteiger partial charge is 0.455 e. The Kier molecular flexibility index (Phi) is 7.79. The molecule has 4 heterocycles. The number of fused-ring (bicyclic) bond motifs is 12. The van der Waals surface area contributed by atoms with E-state index in [1.807, 2.05) is 6.07 Å². The van der Waals surface area contributed by atoms with Gasteiger partial charge in [-0.25, -0.2) is 15.0 Å². The fourth-order valence-corrected chi connectivity index (χ4v) is 11.0. The van der Waals surface area contributed by atoms with Gasteiger partial charge in [0.15, 0.2) is 17.5 Å². The fourth-order valence-electron chi connectivity index (χ4n) is 9.95. The zero-order chi connectivity index (χ0) is 42.6. The lowest BCUT2D eigenvalue weighted by molar-refractivity contribution is 0.672. The molecule has 0 saturated carbocycles. The molecule has 14 rings (SSSR count). The molecule has 0 amide bonds. The molecule has 0 saturated heterocycles. The van der Waals surface area contributed by atoms with Crippen LogP contribution in [0.1, 0.15) is 0 Å². The molecule has 0 aliphatic rings. The van der Waals surface area contributed by atoms with E-state index in [9.17, 15) is 0 Å². The van der Waals surface area contributed by atoms with Crippen LogP contribution < -0.4 is 0 Å². The average molecular weight is 847 g/mol. The normalized spacial score (nSPS) is 12.0. The lowest BCUT2D eigenvalue weighted by Gasteiger charge is -2.16. The molecule has 10 aromatic carbocycles. The Morgan fingerprint density at radius 1 is 0.369 bits per heavy atom. The number of furan rings is 1. The predicted octanol–water partition coefficient (Wildman–Crippen LogP) is 16.2. The van der Waals surface area contributed by atoms with Gasteiger partial charge in [-0.05, 0) is 87.9 Å². The molecular formula is C59H34N4OS. The SMILES string of the molecule is c1ccc(-c2ccc(-c3nc(-c4ccc5sc6ccccc6c5c4)nc(-c4ccc5oc6c7ccccc7ccc6c5c4-n4c5ccccc5c5cc6ccccc6cc54)n3)cc2)cc1. The quantitative estimate of drug-likeness (QED) is 0.173. The van der Waals surface area contributed by atoms with Gasteiger partial charge in [0, 0.05) is 58.4 Å². The second kappa shape index (κ2) is 14.0.